The van der Waals surface area contributed by atoms with Crippen LogP contribution in [0.4, 0.5) is 5.69 Å². The lowest BCUT2D eigenvalue weighted by Crippen LogP contribution is -2.29. The van der Waals surface area contributed by atoms with Gasteiger partial charge in [-0.2, -0.15) is 0 Å². The van der Waals surface area contributed by atoms with Crippen LogP contribution in [0.2, 0.25) is 5.02 Å². The Bertz CT molecular complexity index is 950. The number of ketones is 1. The average Bonchev–Trinajstić information content (AvgIpc) is 2.89. The molecule has 0 aromatic heterocycles. The highest BCUT2D eigenvalue weighted by atomic mass is 35.5. The second-order valence-electron chi connectivity index (χ2n) is 7.52. The maximum Gasteiger partial charge on any atom is 0.347 e. The predicted octanol–water partition coefficient (Wildman–Crippen LogP) is 4.53. The normalized spacial score (nSPS) is 17.0. The average molecular weight is 414 g/mol. The number of para-hydroxylation sites is 1. The molecule has 0 spiro atoms. The van der Waals surface area contributed by atoms with Gasteiger partial charge in [-0.15, -0.1) is 0 Å². The van der Waals surface area contributed by atoms with Gasteiger partial charge in [-0.05, 0) is 42.8 Å². The van der Waals surface area contributed by atoms with Crippen molar-refractivity contribution < 1.29 is 19.1 Å². The van der Waals surface area contributed by atoms with Crippen molar-refractivity contribution in [2.75, 3.05) is 18.6 Å². The van der Waals surface area contributed by atoms with E-state index < -0.39 is 12.1 Å². The number of allylic oxidation sites excluding steroid dienone is 1. The predicted molar refractivity (Wildman–Crippen MR) is 113 cm³/mol. The van der Waals surface area contributed by atoms with Gasteiger partial charge in [0.2, 0.25) is 0 Å². The zero-order chi connectivity index (χ0) is 21.2. The van der Waals surface area contributed by atoms with Gasteiger partial charge in [0.1, 0.15) is 5.75 Å². The number of anilines is 1. The number of halogens is 1. The van der Waals surface area contributed by atoms with Crippen LogP contribution in [0.1, 0.15) is 26.3 Å². The van der Waals surface area contributed by atoms with Crippen LogP contribution < -0.4 is 9.64 Å². The first-order valence-corrected chi connectivity index (χ1v) is 9.75. The first-order chi connectivity index (χ1) is 13.7. The monoisotopic (exact) mass is 413 g/mol. The number of hydrogen-bond donors (Lipinski definition) is 0. The summed E-state index contributed by atoms with van der Waals surface area (Å²) in [6, 6.07) is 14.7. The minimum absolute atomic E-state index is 0.278. The summed E-state index contributed by atoms with van der Waals surface area (Å²) in [6.45, 7) is 5.38. The summed E-state index contributed by atoms with van der Waals surface area (Å²) in [5.41, 5.74) is 2.78. The molecular weight excluding hydrogens is 390 g/mol. The molecule has 152 valence electrons. The molecule has 0 saturated carbocycles. The van der Waals surface area contributed by atoms with Gasteiger partial charge in [0.25, 0.3) is 0 Å². The van der Waals surface area contributed by atoms with Crippen LogP contribution >= 0.6 is 11.6 Å². The smallest absolute Gasteiger partial charge is 0.347 e. The van der Waals surface area contributed by atoms with Gasteiger partial charge in [-0.1, -0.05) is 43.6 Å². The largest absolute Gasteiger partial charge is 0.479 e. The number of rotatable bonds is 6. The Labute approximate surface area is 175 Å². The first-order valence-electron chi connectivity index (χ1n) is 9.37. The highest BCUT2D eigenvalue weighted by molar-refractivity contribution is 6.30. The van der Waals surface area contributed by atoms with Gasteiger partial charge in [-0.3, -0.25) is 4.79 Å². The summed E-state index contributed by atoms with van der Waals surface area (Å²) in [5.74, 6) is -0.381. The maximum absolute atomic E-state index is 12.5. The fourth-order valence-corrected chi connectivity index (χ4v) is 3.60. The van der Waals surface area contributed by atoms with Crippen molar-refractivity contribution >= 4 is 29.0 Å². The van der Waals surface area contributed by atoms with E-state index in [1.165, 1.54) is 0 Å². The van der Waals surface area contributed by atoms with E-state index in [2.05, 4.69) is 19.9 Å². The van der Waals surface area contributed by atoms with E-state index in [9.17, 15) is 9.59 Å². The van der Waals surface area contributed by atoms with Crippen molar-refractivity contribution in [2.24, 2.45) is 0 Å². The van der Waals surface area contributed by atoms with Crippen molar-refractivity contribution in [3.8, 4) is 5.75 Å². The van der Waals surface area contributed by atoms with Gasteiger partial charge in [0.05, 0.1) is 0 Å². The molecule has 0 fully saturated rings. The Morgan fingerprint density at radius 3 is 2.45 bits per heavy atom. The van der Waals surface area contributed by atoms with Gasteiger partial charge in [-0.25, -0.2) is 4.79 Å². The molecule has 2 aromatic carbocycles. The molecule has 3 rings (SSSR count). The number of ether oxygens (including phenoxy) is 2. The summed E-state index contributed by atoms with van der Waals surface area (Å²) >= 11 is 5.83. The summed E-state index contributed by atoms with van der Waals surface area (Å²) in [6.07, 6.45) is 0.712. The molecule has 1 heterocycles. The highest BCUT2D eigenvalue weighted by Crippen LogP contribution is 2.46. The molecule has 1 unspecified atom stereocenters. The molecule has 2 aromatic rings. The molecule has 1 atom stereocenters. The fourth-order valence-electron chi connectivity index (χ4n) is 3.48. The van der Waals surface area contributed by atoms with Gasteiger partial charge in [0.15, 0.2) is 18.5 Å². The van der Waals surface area contributed by atoms with Gasteiger partial charge >= 0.3 is 5.97 Å². The Morgan fingerprint density at radius 2 is 1.79 bits per heavy atom. The van der Waals surface area contributed by atoms with Crippen LogP contribution in [0.15, 0.2) is 60.3 Å². The Hall–Kier alpha value is -2.79. The molecule has 0 amide bonds. The molecule has 0 saturated heterocycles. The molecule has 0 radical (unpaired) electrons. The quantitative estimate of drug-likeness (QED) is 0.514. The minimum atomic E-state index is -0.841. The maximum atomic E-state index is 12.5. The third kappa shape index (κ3) is 4.46. The van der Waals surface area contributed by atoms with E-state index in [0.717, 1.165) is 16.9 Å². The molecule has 1 aliphatic rings. The van der Waals surface area contributed by atoms with Crippen molar-refractivity contribution in [1.82, 2.24) is 0 Å². The number of hydrogen-bond acceptors (Lipinski definition) is 5. The third-order valence-electron chi connectivity index (χ3n) is 5.05. The molecule has 0 aliphatic carbocycles. The lowest BCUT2D eigenvalue weighted by Gasteiger charge is -2.24. The fraction of sp³-hybridized carbons (Fsp3) is 0.304. The number of nitrogens with zero attached hydrogens (tertiary/aromatic N) is 1. The second kappa shape index (κ2) is 8.29. The molecule has 1 aliphatic heterocycles. The standard InChI is InChI=1S/C23H24ClNO4/c1-15(29-18-11-9-16(24)10-12-18)22(27)28-14-17(26)13-21-23(2,3)19-7-5-6-8-20(19)25(21)4/h5-13,15H,14H2,1-4H3. The van der Waals surface area contributed by atoms with Gasteiger partial charge in [0, 0.05) is 34.9 Å². The second-order valence-corrected chi connectivity index (χ2v) is 7.96. The number of benzene rings is 2. The zero-order valence-electron chi connectivity index (χ0n) is 16.9. The molecule has 5 nitrogen and oxygen atoms in total. The first kappa shape index (κ1) is 20.9. The zero-order valence-corrected chi connectivity index (χ0v) is 17.7. The lowest BCUT2D eigenvalue weighted by atomic mass is 9.83. The lowest BCUT2D eigenvalue weighted by molar-refractivity contribution is -0.153. The summed E-state index contributed by atoms with van der Waals surface area (Å²) in [4.78, 5) is 26.6. The van der Waals surface area contributed by atoms with Crippen LogP contribution in [0.25, 0.3) is 0 Å². The molecule has 0 bridgehead atoms. The number of carbonyl (C=O) groups excluding carboxylic acids is 2. The van der Waals surface area contributed by atoms with Crippen LogP contribution in [-0.4, -0.2) is 31.5 Å². The van der Waals surface area contributed by atoms with E-state index in [0.29, 0.717) is 10.8 Å². The number of likely N-dealkylation sites (N-methyl/N-ethyl adjacent to an activating group) is 1. The summed E-state index contributed by atoms with van der Waals surface area (Å²) in [5, 5.41) is 0.577. The molecular formula is C23H24ClNO4. The van der Waals surface area contributed by atoms with Gasteiger partial charge < -0.3 is 14.4 Å². The Balaban J connectivity index is 1.61. The van der Waals surface area contributed by atoms with Crippen molar-refractivity contribution in [3.63, 3.8) is 0 Å². The van der Waals surface area contributed by atoms with Crippen LogP contribution in [-0.2, 0) is 19.7 Å². The number of carbonyl (C=O) groups is 2. The minimum Gasteiger partial charge on any atom is -0.479 e. The molecule has 0 N–H and O–H groups in total. The highest BCUT2D eigenvalue weighted by Gasteiger charge is 2.38. The topological polar surface area (TPSA) is 55.8 Å². The molecule has 29 heavy (non-hydrogen) atoms. The van der Waals surface area contributed by atoms with E-state index in [1.807, 2.05) is 30.1 Å². The van der Waals surface area contributed by atoms with Crippen molar-refractivity contribution in [1.29, 1.82) is 0 Å². The number of esters is 1. The molecule has 6 heteroatoms. The van der Waals surface area contributed by atoms with Crippen LogP contribution in [0.5, 0.6) is 5.75 Å². The van der Waals surface area contributed by atoms with E-state index >= 15 is 0 Å². The Morgan fingerprint density at radius 1 is 1.14 bits per heavy atom. The summed E-state index contributed by atoms with van der Waals surface area (Å²) in [7, 11) is 1.93. The third-order valence-corrected chi connectivity index (χ3v) is 5.31. The Kier molecular flexibility index (Phi) is 5.99. The SMILES string of the molecule is CC(Oc1ccc(Cl)cc1)C(=O)OCC(=O)C=C1N(C)c2ccccc2C1(C)C. The number of fused-ring (bicyclic) bond motifs is 1. The van der Waals surface area contributed by atoms with Crippen LogP contribution in [0, 0.1) is 0 Å². The van der Waals surface area contributed by atoms with Crippen molar-refractivity contribution in [3.05, 3.63) is 70.9 Å². The van der Waals surface area contributed by atoms with E-state index in [4.69, 9.17) is 21.1 Å². The van der Waals surface area contributed by atoms with Crippen molar-refractivity contribution in [2.45, 2.75) is 32.3 Å². The van der Waals surface area contributed by atoms with E-state index in [1.54, 1.807) is 37.3 Å². The van der Waals surface area contributed by atoms with E-state index in [-0.39, 0.29) is 17.8 Å². The van der Waals surface area contributed by atoms with Crippen LogP contribution in [0.3, 0.4) is 0 Å². The summed E-state index contributed by atoms with van der Waals surface area (Å²) < 4.78 is 10.7.